The van der Waals surface area contributed by atoms with E-state index in [0.29, 0.717) is 48.3 Å². The van der Waals surface area contributed by atoms with Crippen molar-refractivity contribution in [2.75, 3.05) is 31.7 Å². The van der Waals surface area contributed by atoms with Gasteiger partial charge < -0.3 is 24.3 Å². The molecule has 0 aliphatic heterocycles. The fraction of sp³-hybridized carbons (Fsp3) is 0.364. The molecule has 0 fully saturated rings. The predicted octanol–water partition coefficient (Wildman–Crippen LogP) is 3.89. The highest BCUT2D eigenvalue weighted by atomic mass is 16.6. The number of carbonyl (C=O) groups excluding carboxylic acids is 2. The van der Waals surface area contributed by atoms with Gasteiger partial charge in [0.05, 0.1) is 30.3 Å². The number of esters is 1. The Morgan fingerprint density at radius 3 is 2.06 bits per heavy atom. The van der Waals surface area contributed by atoms with E-state index in [1.165, 1.54) is 30.3 Å². The molecule has 2 aromatic rings. The maximum absolute atomic E-state index is 12.5. The van der Waals surface area contributed by atoms with Gasteiger partial charge in [-0.3, -0.25) is 14.9 Å². The summed E-state index contributed by atoms with van der Waals surface area (Å²) in [6.07, 6.45) is 0. The minimum Gasteiger partial charge on any atom is -0.490 e. The first-order valence-electron chi connectivity index (χ1n) is 10.1. The van der Waals surface area contributed by atoms with Gasteiger partial charge in [0.15, 0.2) is 18.1 Å². The van der Waals surface area contributed by atoms with Crippen molar-refractivity contribution in [2.24, 2.45) is 0 Å². The number of aryl methyl sites for hydroxylation is 1. The molecule has 1 N–H and O–H groups in total. The molecule has 10 heteroatoms. The number of rotatable bonds is 11. The molecule has 0 atom stereocenters. The molecular formula is C22H26N2O8. The third-order valence-corrected chi connectivity index (χ3v) is 4.17. The van der Waals surface area contributed by atoms with Crippen molar-refractivity contribution in [1.29, 1.82) is 0 Å². The monoisotopic (exact) mass is 446 g/mol. The van der Waals surface area contributed by atoms with Crippen molar-refractivity contribution >= 4 is 23.3 Å². The van der Waals surface area contributed by atoms with Crippen LogP contribution in [0.25, 0.3) is 0 Å². The largest absolute Gasteiger partial charge is 0.490 e. The molecule has 0 saturated heterocycles. The number of nitrogens with one attached hydrogen (secondary N) is 1. The summed E-state index contributed by atoms with van der Waals surface area (Å²) >= 11 is 0. The number of nitro benzene ring substituents is 1. The average Bonchev–Trinajstić information content (AvgIpc) is 2.75. The standard InChI is InChI=1S/C22H26N2O8/c1-5-29-18-11-15(12-19(30-6-2)21(18)31-7-3)22(26)32-13-20(25)23-17-9-8-16(24(27)28)10-14(17)4/h8-12H,5-7,13H2,1-4H3,(H,23,25). The maximum Gasteiger partial charge on any atom is 0.338 e. The Morgan fingerprint density at radius 1 is 0.969 bits per heavy atom. The Kier molecular flexibility index (Phi) is 8.82. The van der Waals surface area contributed by atoms with Crippen molar-refractivity contribution in [2.45, 2.75) is 27.7 Å². The van der Waals surface area contributed by atoms with Gasteiger partial charge in [-0.05, 0) is 51.5 Å². The average molecular weight is 446 g/mol. The van der Waals surface area contributed by atoms with Crippen LogP contribution in [0.15, 0.2) is 30.3 Å². The molecule has 2 rings (SSSR count). The fourth-order valence-corrected chi connectivity index (χ4v) is 2.81. The lowest BCUT2D eigenvalue weighted by atomic mass is 10.1. The number of ether oxygens (including phenoxy) is 4. The molecule has 32 heavy (non-hydrogen) atoms. The summed E-state index contributed by atoms with van der Waals surface area (Å²) in [7, 11) is 0. The Labute approximate surface area is 185 Å². The number of amides is 1. The normalized spacial score (nSPS) is 10.2. The summed E-state index contributed by atoms with van der Waals surface area (Å²) in [5.74, 6) is -0.280. The van der Waals surface area contributed by atoms with E-state index in [1.54, 1.807) is 20.8 Å². The molecule has 10 nitrogen and oxygen atoms in total. The van der Waals surface area contributed by atoms with Crippen LogP contribution in [0.2, 0.25) is 0 Å². The molecule has 0 saturated carbocycles. The van der Waals surface area contributed by atoms with Crippen LogP contribution in [-0.4, -0.2) is 43.2 Å². The zero-order valence-electron chi connectivity index (χ0n) is 18.4. The van der Waals surface area contributed by atoms with E-state index in [1.807, 2.05) is 6.92 Å². The van der Waals surface area contributed by atoms with Crippen LogP contribution >= 0.6 is 0 Å². The van der Waals surface area contributed by atoms with E-state index >= 15 is 0 Å². The summed E-state index contributed by atoms with van der Waals surface area (Å²) < 4.78 is 21.9. The Morgan fingerprint density at radius 2 is 1.56 bits per heavy atom. The van der Waals surface area contributed by atoms with Gasteiger partial charge in [0.2, 0.25) is 5.75 Å². The van der Waals surface area contributed by atoms with E-state index in [2.05, 4.69) is 5.32 Å². The van der Waals surface area contributed by atoms with E-state index < -0.39 is 23.4 Å². The van der Waals surface area contributed by atoms with Gasteiger partial charge in [0.25, 0.3) is 11.6 Å². The molecule has 0 aliphatic carbocycles. The first kappa shape index (κ1) is 24.4. The molecule has 0 aliphatic rings. The molecule has 0 aromatic heterocycles. The van der Waals surface area contributed by atoms with Crippen molar-refractivity contribution in [1.82, 2.24) is 0 Å². The predicted molar refractivity (Wildman–Crippen MR) is 117 cm³/mol. The van der Waals surface area contributed by atoms with Gasteiger partial charge in [-0.1, -0.05) is 0 Å². The number of nitrogens with zero attached hydrogens (tertiary/aromatic N) is 1. The molecule has 0 bridgehead atoms. The maximum atomic E-state index is 12.5. The lowest BCUT2D eigenvalue weighted by Crippen LogP contribution is -2.21. The minimum absolute atomic E-state index is 0.0855. The van der Waals surface area contributed by atoms with E-state index in [0.717, 1.165) is 0 Å². The van der Waals surface area contributed by atoms with Crippen molar-refractivity contribution < 1.29 is 33.5 Å². The van der Waals surface area contributed by atoms with Crippen LogP contribution in [0.3, 0.4) is 0 Å². The molecule has 0 spiro atoms. The van der Waals surface area contributed by atoms with Gasteiger partial charge in [0.1, 0.15) is 0 Å². The number of hydrogen-bond donors (Lipinski definition) is 1. The zero-order chi connectivity index (χ0) is 23.7. The highest BCUT2D eigenvalue weighted by molar-refractivity contribution is 5.96. The lowest BCUT2D eigenvalue weighted by Gasteiger charge is -2.17. The first-order valence-corrected chi connectivity index (χ1v) is 10.1. The fourth-order valence-electron chi connectivity index (χ4n) is 2.81. The Bertz CT molecular complexity index is 963. The third kappa shape index (κ3) is 6.34. The van der Waals surface area contributed by atoms with Gasteiger partial charge in [-0.2, -0.15) is 0 Å². The summed E-state index contributed by atoms with van der Waals surface area (Å²) in [5, 5.41) is 13.4. The number of nitro groups is 1. The number of anilines is 1. The van der Waals surface area contributed by atoms with Crippen LogP contribution in [0.4, 0.5) is 11.4 Å². The number of carbonyl (C=O) groups is 2. The smallest absolute Gasteiger partial charge is 0.338 e. The van der Waals surface area contributed by atoms with Crippen LogP contribution in [-0.2, 0) is 9.53 Å². The second-order valence-electron chi connectivity index (χ2n) is 6.48. The molecule has 0 radical (unpaired) electrons. The highest BCUT2D eigenvalue weighted by Gasteiger charge is 2.20. The van der Waals surface area contributed by atoms with Gasteiger partial charge in [-0.25, -0.2) is 4.79 Å². The highest BCUT2D eigenvalue weighted by Crippen LogP contribution is 2.39. The Hall–Kier alpha value is -3.82. The summed E-state index contributed by atoms with van der Waals surface area (Å²) in [4.78, 5) is 35.0. The van der Waals surface area contributed by atoms with Crippen LogP contribution in [0, 0.1) is 17.0 Å². The van der Waals surface area contributed by atoms with Crippen LogP contribution < -0.4 is 19.5 Å². The molecule has 172 valence electrons. The molecule has 0 heterocycles. The van der Waals surface area contributed by atoms with Gasteiger partial charge in [-0.15, -0.1) is 0 Å². The number of hydrogen-bond acceptors (Lipinski definition) is 8. The van der Waals surface area contributed by atoms with Crippen molar-refractivity contribution in [3.63, 3.8) is 0 Å². The van der Waals surface area contributed by atoms with Crippen LogP contribution in [0.1, 0.15) is 36.7 Å². The Balaban J connectivity index is 2.11. The topological polar surface area (TPSA) is 126 Å². The first-order chi connectivity index (χ1) is 15.3. The zero-order valence-corrected chi connectivity index (χ0v) is 18.4. The van der Waals surface area contributed by atoms with Crippen LogP contribution in [0.5, 0.6) is 17.2 Å². The number of non-ortho nitro benzene ring substituents is 1. The summed E-state index contributed by atoms with van der Waals surface area (Å²) in [5.41, 5.74) is 0.945. The minimum atomic E-state index is -0.745. The molecular weight excluding hydrogens is 420 g/mol. The third-order valence-electron chi connectivity index (χ3n) is 4.17. The molecule has 2 aromatic carbocycles. The van der Waals surface area contributed by atoms with Gasteiger partial charge in [0, 0.05) is 17.8 Å². The van der Waals surface area contributed by atoms with Crippen molar-refractivity contribution in [3.05, 3.63) is 51.6 Å². The van der Waals surface area contributed by atoms with E-state index in [4.69, 9.17) is 18.9 Å². The SMILES string of the molecule is CCOc1cc(C(=O)OCC(=O)Nc2ccc([N+](=O)[O-])cc2C)cc(OCC)c1OCC. The second-order valence-corrected chi connectivity index (χ2v) is 6.48. The van der Waals surface area contributed by atoms with Crippen molar-refractivity contribution in [3.8, 4) is 17.2 Å². The lowest BCUT2D eigenvalue weighted by molar-refractivity contribution is -0.384. The molecule has 0 unspecified atom stereocenters. The quantitative estimate of drug-likeness (QED) is 0.313. The summed E-state index contributed by atoms with van der Waals surface area (Å²) in [6.45, 7) is 7.57. The molecule has 1 amide bonds. The summed E-state index contributed by atoms with van der Waals surface area (Å²) in [6, 6.07) is 6.98. The van der Waals surface area contributed by atoms with E-state index in [9.17, 15) is 19.7 Å². The second kappa shape index (κ2) is 11.5. The number of benzene rings is 2. The van der Waals surface area contributed by atoms with E-state index in [-0.39, 0.29) is 11.3 Å². The van der Waals surface area contributed by atoms with Gasteiger partial charge >= 0.3 is 5.97 Å².